The van der Waals surface area contributed by atoms with Crippen molar-refractivity contribution in [3.8, 4) is 0 Å². The molecule has 0 aliphatic heterocycles. The number of nitrogens with zero attached hydrogens (tertiary/aromatic N) is 2. The minimum Gasteiger partial charge on any atom is -0.478 e. The maximum Gasteiger partial charge on any atom is 0.340 e. The number of carbonyl (C=O) groups is 3. The second-order valence-corrected chi connectivity index (χ2v) is 5.82. The summed E-state index contributed by atoms with van der Waals surface area (Å²) in [5.41, 5.74) is 0.379. The van der Waals surface area contributed by atoms with E-state index in [1.54, 1.807) is 6.92 Å². The molecule has 7 nitrogen and oxygen atoms in total. The number of likely N-dealkylation sites (N-methyl/N-ethyl adjacent to an activating group) is 1. The molecule has 21 heavy (non-hydrogen) atoms. The van der Waals surface area contributed by atoms with Crippen molar-refractivity contribution < 1.29 is 19.5 Å². The molecular formula is C13H19N3O4S. The van der Waals surface area contributed by atoms with Crippen LogP contribution in [-0.2, 0) is 9.59 Å². The van der Waals surface area contributed by atoms with Crippen LogP contribution in [0.1, 0.15) is 36.8 Å². The molecule has 0 fully saturated rings. The van der Waals surface area contributed by atoms with Crippen LogP contribution < -0.4 is 10.2 Å². The van der Waals surface area contributed by atoms with Crippen LogP contribution in [0.25, 0.3) is 0 Å². The Morgan fingerprint density at radius 1 is 1.33 bits per heavy atom. The molecule has 0 spiro atoms. The maximum absolute atomic E-state index is 12.5. The fourth-order valence-electron chi connectivity index (χ4n) is 1.87. The lowest BCUT2D eigenvalue weighted by molar-refractivity contribution is -0.127. The van der Waals surface area contributed by atoms with Gasteiger partial charge in [-0.3, -0.25) is 9.59 Å². The maximum atomic E-state index is 12.5. The number of carboxylic acid groups (broad SMARTS) is 1. The van der Waals surface area contributed by atoms with Crippen LogP contribution >= 0.6 is 11.5 Å². The minimum atomic E-state index is -1.13. The first kappa shape index (κ1) is 17.1. The Kier molecular flexibility index (Phi) is 5.42. The first-order valence-electron chi connectivity index (χ1n) is 6.41. The third-order valence-electron chi connectivity index (χ3n) is 2.99. The van der Waals surface area contributed by atoms with E-state index < -0.39 is 12.0 Å². The van der Waals surface area contributed by atoms with Crippen LogP contribution in [0.3, 0.4) is 0 Å². The summed E-state index contributed by atoms with van der Waals surface area (Å²) in [6.07, 6.45) is 0. The molecule has 1 atom stereocenters. The van der Waals surface area contributed by atoms with Crippen molar-refractivity contribution in [2.45, 2.75) is 33.7 Å². The summed E-state index contributed by atoms with van der Waals surface area (Å²) in [5, 5.41) is 12.1. The molecular weight excluding hydrogens is 294 g/mol. The Balaban J connectivity index is 3.11. The predicted octanol–water partition coefficient (Wildman–Crippen LogP) is 1.27. The number of rotatable bonds is 5. The molecule has 8 heteroatoms. The fraction of sp³-hybridized carbons (Fsp3) is 0.538. The number of carboxylic acids is 1. The molecule has 0 bridgehead atoms. The lowest BCUT2D eigenvalue weighted by Gasteiger charge is -2.26. The highest BCUT2D eigenvalue weighted by molar-refractivity contribution is 7.11. The summed E-state index contributed by atoms with van der Waals surface area (Å²) >= 11 is 0.950. The van der Waals surface area contributed by atoms with Crippen LogP contribution in [0.2, 0.25) is 0 Å². The lowest BCUT2D eigenvalue weighted by Crippen LogP contribution is -2.49. The van der Waals surface area contributed by atoms with Gasteiger partial charge in [-0.05, 0) is 24.4 Å². The average Bonchev–Trinajstić information content (AvgIpc) is 2.75. The Morgan fingerprint density at radius 3 is 2.33 bits per heavy atom. The second kappa shape index (κ2) is 6.66. The van der Waals surface area contributed by atoms with E-state index in [-0.39, 0.29) is 28.3 Å². The summed E-state index contributed by atoms with van der Waals surface area (Å²) in [5.74, 6) is -1.93. The van der Waals surface area contributed by atoms with Gasteiger partial charge in [0.2, 0.25) is 11.8 Å². The van der Waals surface area contributed by atoms with Crippen molar-refractivity contribution in [3.63, 3.8) is 0 Å². The number of aryl methyl sites for hydroxylation is 1. The predicted molar refractivity (Wildman–Crippen MR) is 79.7 cm³/mol. The van der Waals surface area contributed by atoms with Crippen molar-refractivity contribution >= 4 is 34.3 Å². The van der Waals surface area contributed by atoms with Crippen LogP contribution in [0.4, 0.5) is 5.00 Å². The van der Waals surface area contributed by atoms with E-state index in [0.29, 0.717) is 5.69 Å². The first-order valence-corrected chi connectivity index (χ1v) is 7.18. The van der Waals surface area contributed by atoms with E-state index >= 15 is 0 Å². The van der Waals surface area contributed by atoms with Gasteiger partial charge in [0.1, 0.15) is 16.6 Å². The molecule has 0 aliphatic rings. The van der Waals surface area contributed by atoms with Gasteiger partial charge < -0.3 is 15.3 Å². The first-order chi connectivity index (χ1) is 9.66. The molecule has 0 aromatic carbocycles. The van der Waals surface area contributed by atoms with Gasteiger partial charge in [0.05, 0.1) is 5.69 Å². The second-order valence-electron chi connectivity index (χ2n) is 5.07. The molecule has 0 saturated carbocycles. The molecule has 116 valence electrons. The number of aromatic nitrogens is 1. The van der Waals surface area contributed by atoms with E-state index in [9.17, 15) is 19.5 Å². The van der Waals surface area contributed by atoms with Crippen LogP contribution in [0, 0.1) is 12.8 Å². The molecule has 0 aliphatic carbocycles. The minimum absolute atomic E-state index is 0.0150. The number of hydrogen-bond acceptors (Lipinski definition) is 5. The summed E-state index contributed by atoms with van der Waals surface area (Å²) in [6, 6.07) is -0.712. The van der Waals surface area contributed by atoms with Crippen molar-refractivity contribution in [2.24, 2.45) is 5.92 Å². The van der Waals surface area contributed by atoms with Crippen molar-refractivity contribution in [3.05, 3.63) is 11.3 Å². The highest BCUT2D eigenvalue weighted by Gasteiger charge is 2.30. The van der Waals surface area contributed by atoms with Crippen LogP contribution in [0.15, 0.2) is 0 Å². The van der Waals surface area contributed by atoms with E-state index in [1.807, 2.05) is 13.8 Å². The molecule has 1 aromatic rings. The molecule has 1 rings (SSSR count). The monoisotopic (exact) mass is 313 g/mol. The zero-order valence-electron chi connectivity index (χ0n) is 12.6. The lowest BCUT2D eigenvalue weighted by atomic mass is 10.0. The highest BCUT2D eigenvalue weighted by Crippen LogP contribution is 2.28. The molecule has 2 amide bonds. The number of hydrogen-bond donors (Lipinski definition) is 2. The Labute approximate surface area is 127 Å². The van der Waals surface area contributed by atoms with Crippen LogP contribution in [-0.4, -0.2) is 40.4 Å². The van der Waals surface area contributed by atoms with Gasteiger partial charge in [0, 0.05) is 14.0 Å². The summed E-state index contributed by atoms with van der Waals surface area (Å²) in [7, 11) is 1.49. The fourth-order valence-corrected chi connectivity index (χ4v) is 2.73. The van der Waals surface area contributed by atoms with Gasteiger partial charge in [-0.1, -0.05) is 13.8 Å². The van der Waals surface area contributed by atoms with Gasteiger partial charge in [0.25, 0.3) is 0 Å². The molecule has 2 N–H and O–H groups in total. The van der Waals surface area contributed by atoms with E-state index in [0.717, 1.165) is 11.5 Å². The molecule has 1 unspecified atom stereocenters. The van der Waals surface area contributed by atoms with E-state index in [2.05, 4.69) is 9.69 Å². The Bertz CT molecular complexity index is 568. The van der Waals surface area contributed by atoms with Gasteiger partial charge in [-0.15, -0.1) is 0 Å². The van der Waals surface area contributed by atoms with Crippen LogP contribution in [0.5, 0.6) is 0 Å². The molecule has 0 saturated heterocycles. The van der Waals surface area contributed by atoms with E-state index in [4.69, 9.17) is 0 Å². The average molecular weight is 313 g/mol. The number of aromatic carboxylic acids is 1. The zero-order valence-corrected chi connectivity index (χ0v) is 13.4. The largest absolute Gasteiger partial charge is 0.478 e. The van der Waals surface area contributed by atoms with Gasteiger partial charge >= 0.3 is 5.97 Å². The number of anilines is 1. The highest BCUT2D eigenvalue weighted by atomic mass is 32.1. The van der Waals surface area contributed by atoms with Gasteiger partial charge in [-0.2, -0.15) is 4.37 Å². The summed E-state index contributed by atoms with van der Waals surface area (Å²) in [4.78, 5) is 36.2. The zero-order chi connectivity index (χ0) is 16.3. The Morgan fingerprint density at radius 2 is 1.90 bits per heavy atom. The van der Waals surface area contributed by atoms with Gasteiger partial charge in [0.15, 0.2) is 0 Å². The topological polar surface area (TPSA) is 99.6 Å². The van der Waals surface area contributed by atoms with Crippen molar-refractivity contribution in [1.29, 1.82) is 0 Å². The third kappa shape index (κ3) is 3.78. The van der Waals surface area contributed by atoms with Crippen molar-refractivity contribution in [2.75, 3.05) is 11.9 Å². The summed E-state index contributed by atoms with van der Waals surface area (Å²) in [6.45, 7) is 6.53. The molecule has 1 aromatic heterocycles. The van der Waals surface area contributed by atoms with Crippen molar-refractivity contribution in [1.82, 2.24) is 9.69 Å². The number of carbonyl (C=O) groups excluding carboxylic acids is 2. The third-order valence-corrected chi connectivity index (χ3v) is 4.00. The normalized spacial score (nSPS) is 12.1. The quantitative estimate of drug-likeness (QED) is 0.853. The summed E-state index contributed by atoms with van der Waals surface area (Å²) < 4.78 is 3.99. The molecule has 0 radical (unpaired) electrons. The molecule has 1 heterocycles. The van der Waals surface area contributed by atoms with E-state index in [1.165, 1.54) is 18.9 Å². The standard InChI is InChI=1S/C13H19N3O4S/c1-6(2)10(14-8(4)17)11(18)16(5)12-9(13(19)20)7(3)15-21-12/h6,10H,1-5H3,(H,14,17)(H,19,20). The smallest absolute Gasteiger partial charge is 0.340 e. The Hall–Kier alpha value is -1.96. The van der Waals surface area contributed by atoms with Gasteiger partial charge in [-0.25, -0.2) is 4.79 Å². The number of nitrogens with one attached hydrogen (secondary N) is 1. The SMILES string of the molecule is CC(=O)NC(C(=O)N(C)c1snc(C)c1C(=O)O)C(C)C. The number of amides is 2.